The van der Waals surface area contributed by atoms with Crippen molar-refractivity contribution in [3.8, 4) is 11.1 Å². The molecule has 0 aliphatic rings. The van der Waals surface area contributed by atoms with Gasteiger partial charge in [0.1, 0.15) is 11.6 Å². The van der Waals surface area contributed by atoms with E-state index in [0.29, 0.717) is 0 Å². The van der Waals surface area contributed by atoms with Gasteiger partial charge in [-0.3, -0.25) is 0 Å². The maximum Gasteiger partial charge on any atom is 0.253 e. The average molecular weight is 287 g/mol. The lowest BCUT2D eigenvalue weighted by Gasteiger charge is -2.03. The molecule has 0 spiro atoms. The molecule has 0 radical (unpaired) electrons. The van der Waals surface area contributed by atoms with Crippen molar-refractivity contribution < 1.29 is 17.2 Å². The molecule has 1 aromatic heterocycles. The Morgan fingerprint density at radius 2 is 2.00 bits per heavy atom. The summed E-state index contributed by atoms with van der Waals surface area (Å²) in [5, 5.41) is 3.64. The molecule has 2 rings (SSSR count). The first-order chi connectivity index (χ1) is 8.85. The lowest BCUT2D eigenvalue weighted by atomic mass is 10.1. The highest BCUT2D eigenvalue weighted by molar-refractivity contribution is 7.89. The number of rotatable bonds is 3. The predicted octanol–water partition coefficient (Wildman–Crippen LogP) is 1.61. The van der Waals surface area contributed by atoms with Crippen LogP contribution in [0, 0.1) is 11.6 Å². The number of nitrogen functional groups attached to an aromatic ring is 1. The first kappa shape index (κ1) is 13.5. The van der Waals surface area contributed by atoms with Gasteiger partial charge < -0.3 is 5.73 Å². The highest BCUT2D eigenvalue weighted by Gasteiger charge is 2.16. The predicted molar refractivity (Wildman–Crippen MR) is 66.9 cm³/mol. The SMILES string of the molecule is CCS(=O)(=O)n1cc(-c2cc(F)c(N)cc2F)cn1. The van der Waals surface area contributed by atoms with E-state index in [-0.39, 0.29) is 22.6 Å². The quantitative estimate of drug-likeness (QED) is 0.870. The van der Waals surface area contributed by atoms with E-state index in [1.54, 1.807) is 0 Å². The number of aromatic nitrogens is 2. The first-order valence-corrected chi connectivity index (χ1v) is 6.99. The van der Waals surface area contributed by atoms with Crippen molar-refractivity contribution in [3.05, 3.63) is 36.2 Å². The van der Waals surface area contributed by atoms with E-state index < -0.39 is 21.7 Å². The molecule has 0 saturated carbocycles. The van der Waals surface area contributed by atoms with Gasteiger partial charge in [0.25, 0.3) is 10.0 Å². The highest BCUT2D eigenvalue weighted by Crippen LogP contribution is 2.26. The van der Waals surface area contributed by atoms with E-state index in [9.17, 15) is 17.2 Å². The Bertz CT molecular complexity index is 726. The minimum atomic E-state index is -3.55. The molecule has 0 unspecified atom stereocenters. The van der Waals surface area contributed by atoms with Crippen LogP contribution < -0.4 is 5.73 Å². The third-order valence-corrected chi connectivity index (χ3v) is 4.11. The Morgan fingerprint density at radius 1 is 1.32 bits per heavy atom. The third kappa shape index (κ3) is 2.43. The van der Waals surface area contributed by atoms with Crippen molar-refractivity contribution in [1.29, 1.82) is 0 Å². The van der Waals surface area contributed by atoms with Crippen LogP contribution in [0.2, 0.25) is 0 Å². The summed E-state index contributed by atoms with van der Waals surface area (Å²) < 4.78 is 50.8. The molecule has 0 atom stereocenters. The van der Waals surface area contributed by atoms with Crippen LogP contribution in [0.15, 0.2) is 24.5 Å². The highest BCUT2D eigenvalue weighted by atomic mass is 32.2. The van der Waals surface area contributed by atoms with Crippen LogP contribution in [-0.2, 0) is 10.0 Å². The zero-order valence-electron chi connectivity index (χ0n) is 9.97. The van der Waals surface area contributed by atoms with E-state index in [1.807, 2.05) is 0 Å². The summed E-state index contributed by atoms with van der Waals surface area (Å²) in [6.45, 7) is 1.46. The Morgan fingerprint density at radius 3 is 2.63 bits per heavy atom. The Kier molecular flexibility index (Phi) is 3.27. The Labute approximate surface area is 108 Å². The van der Waals surface area contributed by atoms with Crippen molar-refractivity contribution in [3.63, 3.8) is 0 Å². The average Bonchev–Trinajstić information content (AvgIpc) is 2.84. The van der Waals surface area contributed by atoms with Crippen LogP contribution in [0.4, 0.5) is 14.5 Å². The molecular weight excluding hydrogens is 276 g/mol. The van der Waals surface area contributed by atoms with Crippen molar-refractivity contribution in [2.45, 2.75) is 6.92 Å². The molecule has 19 heavy (non-hydrogen) atoms. The molecule has 2 N–H and O–H groups in total. The number of halogens is 2. The molecule has 0 saturated heterocycles. The van der Waals surface area contributed by atoms with Gasteiger partial charge in [-0.05, 0) is 13.0 Å². The zero-order chi connectivity index (χ0) is 14.2. The lowest BCUT2D eigenvalue weighted by molar-refractivity contribution is 0.581. The molecule has 0 aliphatic heterocycles. The number of benzene rings is 1. The molecule has 5 nitrogen and oxygen atoms in total. The van der Waals surface area contributed by atoms with Crippen molar-refractivity contribution >= 4 is 15.7 Å². The minimum absolute atomic E-state index is 0.0933. The van der Waals surface area contributed by atoms with Crippen LogP contribution in [-0.4, -0.2) is 23.4 Å². The summed E-state index contributed by atoms with van der Waals surface area (Å²) >= 11 is 0. The van der Waals surface area contributed by atoms with E-state index >= 15 is 0 Å². The lowest BCUT2D eigenvalue weighted by Crippen LogP contribution is -2.14. The monoisotopic (exact) mass is 287 g/mol. The van der Waals surface area contributed by atoms with Crippen molar-refractivity contribution in [1.82, 2.24) is 9.19 Å². The fourth-order valence-corrected chi connectivity index (χ4v) is 2.24. The summed E-state index contributed by atoms with van der Waals surface area (Å²) in [7, 11) is -3.55. The smallest absolute Gasteiger partial charge is 0.253 e. The van der Waals surface area contributed by atoms with E-state index in [4.69, 9.17) is 5.73 Å². The summed E-state index contributed by atoms with van der Waals surface area (Å²) in [4.78, 5) is 0. The standard InChI is InChI=1S/C11H11F2N3O2S/c1-2-19(17,18)16-6-7(5-15-16)8-3-10(13)11(14)4-9(8)12/h3-6H,2,14H2,1H3. The van der Waals surface area contributed by atoms with E-state index in [1.165, 1.54) is 6.92 Å². The van der Waals surface area contributed by atoms with E-state index in [0.717, 1.165) is 28.6 Å². The van der Waals surface area contributed by atoms with Gasteiger partial charge in [-0.2, -0.15) is 9.19 Å². The van der Waals surface area contributed by atoms with Crippen LogP contribution in [0.3, 0.4) is 0 Å². The Balaban J connectivity index is 2.53. The molecule has 0 amide bonds. The molecule has 0 bridgehead atoms. The number of hydrogen-bond acceptors (Lipinski definition) is 4. The van der Waals surface area contributed by atoms with Gasteiger partial charge in [0.2, 0.25) is 0 Å². The summed E-state index contributed by atoms with van der Waals surface area (Å²) in [5.74, 6) is -1.66. The molecular formula is C11H11F2N3O2S. The topological polar surface area (TPSA) is 78.0 Å². The number of nitrogens with zero attached hydrogens (tertiary/aromatic N) is 2. The van der Waals surface area contributed by atoms with Gasteiger partial charge in [0.15, 0.2) is 0 Å². The minimum Gasteiger partial charge on any atom is -0.396 e. The summed E-state index contributed by atoms with van der Waals surface area (Å²) in [5.41, 5.74) is 4.99. The molecule has 2 aromatic rings. The summed E-state index contributed by atoms with van der Waals surface area (Å²) in [6.07, 6.45) is 2.29. The van der Waals surface area contributed by atoms with E-state index in [2.05, 4.69) is 5.10 Å². The second kappa shape index (κ2) is 4.61. The van der Waals surface area contributed by atoms with Crippen LogP contribution >= 0.6 is 0 Å². The fourth-order valence-electron chi connectivity index (χ4n) is 1.51. The first-order valence-electron chi connectivity index (χ1n) is 5.38. The molecule has 1 heterocycles. The van der Waals surface area contributed by atoms with Crippen LogP contribution in [0.25, 0.3) is 11.1 Å². The largest absolute Gasteiger partial charge is 0.396 e. The molecule has 8 heteroatoms. The molecule has 102 valence electrons. The van der Waals surface area contributed by atoms with Crippen molar-refractivity contribution in [2.75, 3.05) is 11.5 Å². The maximum absolute atomic E-state index is 13.7. The third-order valence-electron chi connectivity index (χ3n) is 2.61. The number of anilines is 1. The van der Waals surface area contributed by atoms with Crippen LogP contribution in [0.5, 0.6) is 0 Å². The molecule has 0 aliphatic carbocycles. The zero-order valence-corrected chi connectivity index (χ0v) is 10.8. The normalized spacial score (nSPS) is 11.7. The molecule has 0 fully saturated rings. The van der Waals surface area contributed by atoms with Gasteiger partial charge in [-0.25, -0.2) is 17.2 Å². The second-order valence-corrected chi connectivity index (χ2v) is 5.97. The molecule has 1 aromatic carbocycles. The van der Waals surface area contributed by atoms with Gasteiger partial charge in [-0.1, -0.05) is 0 Å². The Hall–Kier alpha value is -1.96. The van der Waals surface area contributed by atoms with Crippen molar-refractivity contribution in [2.24, 2.45) is 0 Å². The summed E-state index contributed by atoms with van der Waals surface area (Å²) in [6, 6.07) is 1.75. The van der Waals surface area contributed by atoms with Gasteiger partial charge in [0.05, 0.1) is 23.8 Å². The number of hydrogen-bond donors (Lipinski definition) is 1. The van der Waals surface area contributed by atoms with Gasteiger partial charge >= 0.3 is 0 Å². The van der Waals surface area contributed by atoms with Crippen LogP contribution in [0.1, 0.15) is 6.92 Å². The van der Waals surface area contributed by atoms with Gasteiger partial charge in [-0.15, -0.1) is 0 Å². The van der Waals surface area contributed by atoms with Gasteiger partial charge in [0, 0.05) is 17.2 Å². The number of nitrogens with two attached hydrogens (primary N) is 1. The fraction of sp³-hybridized carbons (Fsp3) is 0.182. The second-order valence-electron chi connectivity index (χ2n) is 3.86. The maximum atomic E-state index is 13.7.